The molecule has 0 radical (unpaired) electrons. The fourth-order valence-corrected chi connectivity index (χ4v) is 3.85. The van der Waals surface area contributed by atoms with Crippen LogP contribution in [0.25, 0.3) is 0 Å². The van der Waals surface area contributed by atoms with Gasteiger partial charge in [0, 0.05) is 16.5 Å². The standard InChI is InChI=1S/C11H19ClN2S2.2ClH/c1-9-10(5-6-12)16-11(13-9)15-8-4-7-14(2)3;;/h4-8H2,1-3H3;2*1H. The maximum atomic E-state index is 5.75. The molecule has 108 valence electrons. The van der Waals surface area contributed by atoms with Gasteiger partial charge in [0.1, 0.15) is 4.34 Å². The van der Waals surface area contributed by atoms with Crippen LogP contribution >= 0.6 is 59.5 Å². The Bertz CT molecular complexity index is 319. The summed E-state index contributed by atoms with van der Waals surface area (Å²) >= 11 is 9.40. The minimum absolute atomic E-state index is 0. The zero-order valence-corrected chi connectivity index (χ0v) is 15.0. The number of hydrogen-bond acceptors (Lipinski definition) is 4. The number of rotatable bonds is 7. The van der Waals surface area contributed by atoms with Gasteiger partial charge >= 0.3 is 0 Å². The quantitative estimate of drug-likeness (QED) is 0.417. The minimum atomic E-state index is 0. The van der Waals surface area contributed by atoms with Crippen LogP contribution in [0.5, 0.6) is 0 Å². The molecule has 1 aromatic heterocycles. The number of alkyl halides is 1. The smallest absolute Gasteiger partial charge is 0.150 e. The van der Waals surface area contributed by atoms with Crippen molar-refractivity contribution in [2.75, 3.05) is 32.3 Å². The van der Waals surface area contributed by atoms with E-state index in [-0.39, 0.29) is 24.8 Å². The zero-order chi connectivity index (χ0) is 12.0. The zero-order valence-electron chi connectivity index (χ0n) is 10.9. The summed E-state index contributed by atoms with van der Waals surface area (Å²) in [5, 5.41) is 0. The fraction of sp³-hybridized carbons (Fsp3) is 0.727. The van der Waals surface area contributed by atoms with Crippen LogP contribution in [0.1, 0.15) is 17.0 Å². The number of thiazole rings is 1. The van der Waals surface area contributed by atoms with Crippen LogP contribution in [-0.4, -0.2) is 42.2 Å². The van der Waals surface area contributed by atoms with E-state index in [1.807, 2.05) is 11.8 Å². The van der Waals surface area contributed by atoms with E-state index in [9.17, 15) is 0 Å². The third-order valence-corrected chi connectivity index (χ3v) is 4.81. The van der Waals surface area contributed by atoms with Crippen molar-refractivity contribution in [2.45, 2.75) is 24.1 Å². The van der Waals surface area contributed by atoms with E-state index >= 15 is 0 Å². The van der Waals surface area contributed by atoms with Gasteiger partial charge in [-0.1, -0.05) is 11.8 Å². The third kappa shape index (κ3) is 8.08. The largest absolute Gasteiger partial charge is 0.309 e. The molecule has 7 heteroatoms. The van der Waals surface area contributed by atoms with E-state index in [2.05, 4.69) is 30.9 Å². The first kappa shape index (κ1) is 21.1. The summed E-state index contributed by atoms with van der Waals surface area (Å²) in [5.74, 6) is 1.83. The lowest BCUT2D eigenvalue weighted by molar-refractivity contribution is 0.410. The number of halogens is 3. The summed E-state index contributed by atoms with van der Waals surface area (Å²) in [6.07, 6.45) is 2.16. The van der Waals surface area contributed by atoms with Gasteiger partial charge in [0.15, 0.2) is 0 Å². The van der Waals surface area contributed by atoms with E-state index in [1.54, 1.807) is 11.3 Å². The molecule has 0 spiro atoms. The van der Waals surface area contributed by atoms with Gasteiger partial charge in [0.25, 0.3) is 0 Å². The average Bonchev–Trinajstić information content (AvgIpc) is 2.55. The van der Waals surface area contributed by atoms with E-state index in [0.717, 1.165) is 24.4 Å². The normalized spacial score (nSPS) is 10.1. The summed E-state index contributed by atoms with van der Waals surface area (Å²) < 4.78 is 1.19. The summed E-state index contributed by atoms with van der Waals surface area (Å²) in [4.78, 5) is 8.11. The van der Waals surface area contributed by atoms with Crippen LogP contribution in [0.3, 0.4) is 0 Å². The molecular formula is C11H21Cl3N2S2. The van der Waals surface area contributed by atoms with Gasteiger partial charge < -0.3 is 4.90 Å². The molecule has 18 heavy (non-hydrogen) atoms. The van der Waals surface area contributed by atoms with Crippen molar-refractivity contribution < 1.29 is 0 Å². The monoisotopic (exact) mass is 350 g/mol. The molecular weight excluding hydrogens is 331 g/mol. The number of nitrogens with zero attached hydrogens (tertiary/aromatic N) is 2. The van der Waals surface area contributed by atoms with E-state index < -0.39 is 0 Å². The summed E-state index contributed by atoms with van der Waals surface area (Å²) in [6, 6.07) is 0. The molecule has 0 aliphatic carbocycles. The lowest BCUT2D eigenvalue weighted by Gasteiger charge is -2.07. The molecule has 0 fully saturated rings. The van der Waals surface area contributed by atoms with Crippen LogP contribution in [0.2, 0.25) is 0 Å². The number of aromatic nitrogens is 1. The number of thioether (sulfide) groups is 1. The van der Waals surface area contributed by atoms with Crippen LogP contribution in [0, 0.1) is 6.92 Å². The fourth-order valence-electron chi connectivity index (χ4n) is 1.32. The molecule has 0 atom stereocenters. The number of aryl methyl sites for hydroxylation is 2. The Morgan fingerprint density at radius 3 is 2.56 bits per heavy atom. The van der Waals surface area contributed by atoms with Crippen LogP contribution in [0.15, 0.2) is 4.34 Å². The van der Waals surface area contributed by atoms with Crippen molar-refractivity contribution in [3.05, 3.63) is 10.6 Å². The second-order valence-electron chi connectivity index (χ2n) is 3.93. The Morgan fingerprint density at radius 2 is 2.00 bits per heavy atom. The Kier molecular flexibility index (Phi) is 13.6. The molecule has 0 N–H and O–H groups in total. The molecule has 2 nitrogen and oxygen atoms in total. The summed E-state index contributed by atoms with van der Waals surface area (Å²) in [5.41, 5.74) is 1.15. The maximum Gasteiger partial charge on any atom is 0.150 e. The SMILES string of the molecule is Cc1nc(SCCCN(C)C)sc1CCCl.Cl.Cl. The molecule has 0 saturated heterocycles. The van der Waals surface area contributed by atoms with E-state index in [1.165, 1.54) is 15.6 Å². The summed E-state index contributed by atoms with van der Waals surface area (Å²) in [6.45, 7) is 3.22. The van der Waals surface area contributed by atoms with Gasteiger partial charge in [0.05, 0.1) is 5.69 Å². The molecule has 0 aromatic carbocycles. The van der Waals surface area contributed by atoms with Gasteiger partial charge in [-0.3, -0.25) is 0 Å². The van der Waals surface area contributed by atoms with Crippen LogP contribution in [-0.2, 0) is 6.42 Å². The third-order valence-electron chi connectivity index (χ3n) is 2.17. The highest BCUT2D eigenvalue weighted by molar-refractivity contribution is 8.01. The lowest BCUT2D eigenvalue weighted by atomic mass is 10.3. The van der Waals surface area contributed by atoms with Crippen molar-refractivity contribution >= 4 is 59.5 Å². The minimum Gasteiger partial charge on any atom is -0.309 e. The highest BCUT2D eigenvalue weighted by Gasteiger charge is 2.07. The van der Waals surface area contributed by atoms with Crippen molar-refractivity contribution in [1.82, 2.24) is 9.88 Å². The van der Waals surface area contributed by atoms with Crippen LogP contribution in [0.4, 0.5) is 0 Å². The molecule has 0 aliphatic heterocycles. The average molecular weight is 352 g/mol. The molecule has 0 aliphatic rings. The summed E-state index contributed by atoms with van der Waals surface area (Å²) in [7, 11) is 4.22. The molecule has 1 rings (SSSR count). The predicted molar refractivity (Wildman–Crippen MR) is 89.7 cm³/mol. The Balaban J connectivity index is 0. The molecule has 0 amide bonds. The van der Waals surface area contributed by atoms with Gasteiger partial charge in [0.2, 0.25) is 0 Å². The van der Waals surface area contributed by atoms with Gasteiger partial charge in [-0.15, -0.1) is 47.8 Å². The molecule has 0 bridgehead atoms. The Labute approximate surface area is 136 Å². The Hall–Kier alpha value is 0.810. The van der Waals surface area contributed by atoms with Gasteiger partial charge in [-0.25, -0.2) is 4.98 Å². The van der Waals surface area contributed by atoms with Crippen molar-refractivity contribution in [1.29, 1.82) is 0 Å². The second-order valence-corrected chi connectivity index (χ2v) is 6.74. The van der Waals surface area contributed by atoms with Gasteiger partial charge in [-0.2, -0.15) is 0 Å². The lowest BCUT2D eigenvalue weighted by Crippen LogP contribution is -2.13. The van der Waals surface area contributed by atoms with Gasteiger partial charge in [-0.05, 0) is 40.4 Å². The first-order valence-electron chi connectivity index (χ1n) is 5.43. The van der Waals surface area contributed by atoms with Crippen molar-refractivity contribution in [3.63, 3.8) is 0 Å². The highest BCUT2D eigenvalue weighted by Crippen LogP contribution is 2.28. The molecule has 1 aromatic rings. The van der Waals surface area contributed by atoms with E-state index in [0.29, 0.717) is 5.88 Å². The number of hydrogen-bond donors (Lipinski definition) is 0. The maximum absolute atomic E-state index is 5.75. The highest BCUT2D eigenvalue weighted by atomic mass is 35.5. The Morgan fingerprint density at radius 1 is 1.33 bits per heavy atom. The van der Waals surface area contributed by atoms with Crippen molar-refractivity contribution in [2.24, 2.45) is 0 Å². The van der Waals surface area contributed by atoms with Crippen molar-refractivity contribution in [3.8, 4) is 0 Å². The molecule has 0 unspecified atom stereocenters. The predicted octanol–water partition coefficient (Wildman–Crippen LogP) is 4.12. The van der Waals surface area contributed by atoms with E-state index in [4.69, 9.17) is 11.6 Å². The molecule has 0 saturated carbocycles. The first-order valence-corrected chi connectivity index (χ1v) is 7.77. The van der Waals surface area contributed by atoms with Crippen LogP contribution < -0.4 is 0 Å². The second kappa shape index (κ2) is 11.6. The molecule has 1 heterocycles. The first-order chi connectivity index (χ1) is 7.63. The topological polar surface area (TPSA) is 16.1 Å².